The highest BCUT2D eigenvalue weighted by atomic mass is 19.1. The van der Waals surface area contributed by atoms with Gasteiger partial charge in [-0.1, -0.05) is 0 Å². The molecule has 1 N–H and O–H groups in total. The van der Waals surface area contributed by atoms with Gasteiger partial charge >= 0.3 is 5.69 Å². The van der Waals surface area contributed by atoms with Gasteiger partial charge in [-0.3, -0.25) is 10.1 Å². The molecule has 0 spiro atoms. The van der Waals surface area contributed by atoms with Crippen molar-refractivity contribution < 1.29 is 18.8 Å². The van der Waals surface area contributed by atoms with E-state index in [4.69, 9.17) is 0 Å². The number of rotatable bonds is 2. The van der Waals surface area contributed by atoms with Gasteiger partial charge in [0.15, 0.2) is 5.82 Å². The number of nitrogens with zero attached hydrogens (tertiary/aromatic N) is 2. The number of hydrogen-bond acceptors (Lipinski definition) is 3. The van der Waals surface area contributed by atoms with Gasteiger partial charge in [-0.25, -0.2) is 4.39 Å². The number of hydrogen-bond donors (Lipinski definition) is 1. The summed E-state index contributed by atoms with van der Waals surface area (Å²) in [6.07, 6.45) is 2.92. The minimum absolute atomic E-state index is 0.0848. The van der Waals surface area contributed by atoms with Gasteiger partial charge in [0.05, 0.1) is 16.7 Å². The molecule has 1 aliphatic rings. The number of nitro groups is 1. The van der Waals surface area contributed by atoms with Crippen LogP contribution in [0, 0.1) is 21.7 Å². The Hall–Kier alpha value is -2.28. The van der Waals surface area contributed by atoms with Crippen LogP contribution in [0.1, 0.15) is 30.2 Å². The van der Waals surface area contributed by atoms with Gasteiger partial charge in [0, 0.05) is 29.6 Å². The monoisotopic (exact) mass is 294 g/mol. The average molecular weight is 294 g/mol. The van der Waals surface area contributed by atoms with E-state index in [2.05, 4.69) is 0 Å². The van der Waals surface area contributed by atoms with Crippen molar-refractivity contribution in [3.63, 3.8) is 0 Å². The first-order chi connectivity index (χ1) is 9.99. The van der Waals surface area contributed by atoms with E-state index in [1.165, 1.54) is 4.57 Å². The predicted octanol–water partition coefficient (Wildman–Crippen LogP) is 3.03. The highest BCUT2D eigenvalue weighted by molar-refractivity contribution is 5.48. The SMILES string of the molecule is O=[N+]([O-])c1cc(-n2ccc3c2CCCC3O)c(F)cc1F. The zero-order valence-corrected chi connectivity index (χ0v) is 10.9. The fraction of sp³-hybridized carbons (Fsp3) is 0.286. The summed E-state index contributed by atoms with van der Waals surface area (Å²) in [5, 5.41) is 20.7. The third kappa shape index (κ3) is 2.19. The molecule has 0 bridgehead atoms. The maximum absolute atomic E-state index is 14.0. The van der Waals surface area contributed by atoms with Gasteiger partial charge in [0.25, 0.3) is 0 Å². The molecule has 7 heteroatoms. The lowest BCUT2D eigenvalue weighted by atomic mass is 9.95. The molecule has 21 heavy (non-hydrogen) atoms. The van der Waals surface area contributed by atoms with Crippen molar-refractivity contribution in [3.05, 3.63) is 57.4 Å². The molecule has 2 aromatic rings. The maximum Gasteiger partial charge on any atom is 0.307 e. The standard InChI is InChI=1S/C14H12F2N2O3/c15-9-6-10(16)13(18(20)21)7-12(9)17-5-4-8-11(17)2-1-3-14(8)19/h4-7,14,19H,1-3H2. The van der Waals surface area contributed by atoms with E-state index >= 15 is 0 Å². The molecule has 1 heterocycles. The Labute approximate surface area is 118 Å². The Morgan fingerprint density at radius 1 is 1.33 bits per heavy atom. The van der Waals surface area contributed by atoms with Crippen LogP contribution in [0.2, 0.25) is 0 Å². The first-order valence-electron chi connectivity index (χ1n) is 6.51. The van der Waals surface area contributed by atoms with Crippen molar-refractivity contribution >= 4 is 5.69 Å². The normalized spacial score (nSPS) is 17.6. The van der Waals surface area contributed by atoms with E-state index in [1.807, 2.05) is 0 Å². The predicted molar refractivity (Wildman–Crippen MR) is 70.2 cm³/mol. The van der Waals surface area contributed by atoms with Crippen molar-refractivity contribution in [2.75, 3.05) is 0 Å². The van der Waals surface area contributed by atoms with E-state index < -0.39 is 28.3 Å². The summed E-state index contributed by atoms with van der Waals surface area (Å²) in [4.78, 5) is 9.90. The summed E-state index contributed by atoms with van der Waals surface area (Å²) < 4.78 is 28.8. The smallest absolute Gasteiger partial charge is 0.307 e. The summed E-state index contributed by atoms with van der Waals surface area (Å²) in [7, 11) is 0. The van der Waals surface area contributed by atoms with Crippen molar-refractivity contribution in [2.24, 2.45) is 0 Å². The molecule has 0 fully saturated rings. The van der Waals surface area contributed by atoms with Crippen molar-refractivity contribution in [3.8, 4) is 5.69 Å². The molecule has 0 amide bonds. The van der Waals surface area contributed by atoms with Gasteiger partial charge in [0.2, 0.25) is 5.82 Å². The number of benzene rings is 1. The third-order valence-electron chi connectivity index (χ3n) is 3.75. The second-order valence-electron chi connectivity index (χ2n) is 5.01. The Bertz CT molecular complexity index is 727. The highest BCUT2D eigenvalue weighted by Gasteiger charge is 2.25. The van der Waals surface area contributed by atoms with Crippen molar-refractivity contribution in [1.29, 1.82) is 0 Å². The minimum Gasteiger partial charge on any atom is -0.388 e. The summed E-state index contributed by atoms with van der Waals surface area (Å²) >= 11 is 0. The van der Waals surface area contributed by atoms with Crippen LogP contribution in [0.4, 0.5) is 14.5 Å². The number of aliphatic hydroxyl groups excluding tert-OH is 1. The van der Waals surface area contributed by atoms with Crippen LogP contribution >= 0.6 is 0 Å². The van der Waals surface area contributed by atoms with Crippen LogP contribution in [0.5, 0.6) is 0 Å². The van der Waals surface area contributed by atoms with Gasteiger partial charge in [-0.05, 0) is 25.3 Å². The zero-order valence-electron chi connectivity index (χ0n) is 10.9. The van der Waals surface area contributed by atoms with E-state index in [9.17, 15) is 24.0 Å². The largest absolute Gasteiger partial charge is 0.388 e. The van der Waals surface area contributed by atoms with Gasteiger partial charge in [0.1, 0.15) is 0 Å². The summed E-state index contributed by atoms with van der Waals surface area (Å²) in [6, 6.07) is 3.05. The topological polar surface area (TPSA) is 68.3 Å². The highest BCUT2D eigenvalue weighted by Crippen LogP contribution is 2.33. The minimum atomic E-state index is -1.21. The second-order valence-corrected chi connectivity index (χ2v) is 5.01. The van der Waals surface area contributed by atoms with Gasteiger partial charge in [-0.15, -0.1) is 0 Å². The number of halogens is 2. The molecule has 0 aliphatic heterocycles. The van der Waals surface area contributed by atoms with Crippen LogP contribution in [0.25, 0.3) is 5.69 Å². The number of nitro benzene ring substituents is 1. The fourth-order valence-electron chi connectivity index (χ4n) is 2.74. The molecule has 1 aliphatic carbocycles. The molecule has 1 atom stereocenters. The molecule has 1 unspecified atom stereocenters. The first-order valence-corrected chi connectivity index (χ1v) is 6.51. The van der Waals surface area contributed by atoms with Crippen LogP contribution < -0.4 is 0 Å². The molecule has 5 nitrogen and oxygen atoms in total. The summed E-state index contributed by atoms with van der Waals surface area (Å²) in [6.45, 7) is 0. The summed E-state index contributed by atoms with van der Waals surface area (Å²) in [5.41, 5.74) is 0.532. The van der Waals surface area contributed by atoms with Crippen molar-refractivity contribution in [1.82, 2.24) is 4.57 Å². The molecule has 1 aromatic heterocycles. The lowest BCUT2D eigenvalue weighted by molar-refractivity contribution is -0.387. The molecule has 0 saturated heterocycles. The number of fused-ring (bicyclic) bond motifs is 1. The average Bonchev–Trinajstić information content (AvgIpc) is 2.84. The number of aliphatic hydroxyl groups is 1. The molecular formula is C14H12F2N2O3. The summed E-state index contributed by atoms with van der Waals surface area (Å²) in [5.74, 6) is -2.08. The molecule has 110 valence electrons. The zero-order chi connectivity index (χ0) is 15.1. The van der Waals surface area contributed by atoms with Crippen molar-refractivity contribution in [2.45, 2.75) is 25.4 Å². The Balaban J connectivity index is 2.17. The molecule has 1 aromatic carbocycles. The van der Waals surface area contributed by atoms with Crippen LogP contribution in [-0.2, 0) is 6.42 Å². The van der Waals surface area contributed by atoms with E-state index in [-0.39, 0.29) is 5.69 Å². The van der Waals surface area contributed by atoms with E-state index in [0.29, 0.717) is 30.2 Å². The maximum atomic E-state index is 14.0. The van der Waals surface area contributed by atoms with Crippen LogP contribution in [0.15, 0.2) is 24.4 Å². The molecular weight excluding hydrogens is 282 g/mol. The number of aromatic nitrogens is 1. The van der Waals surface area contributed by atoms with Crippen LogP contribution in [-0.4, -0.2) is 14.6 Å². The lowest BCUT2D eigenvalue weighted by Gasteiger charge is -2.20. The third-order valence-corrected chi connectivity index (χ3v) is 3.75. The lowest BCUT2D eigenvalue weighted by Crippen LogP contribution is -2.12. The van der Waals surface area contributed by atoms with Gasteiger partial charge < -0.3 is 9.67 Å². The molecule has 3 rings (SSSR count). The molecule has 0 radical (unpaired) electrons. The quantitative estimate of drug-likeness (QED) is 0.683. The van der Waals surface area contributed by atoms with Crippen LogP contribution in [0.3, 0.4) is 0 Å². The Morgan fingerprint density at radius 3 is 2.81 bits per heavy atom. The Kier molecular flexibility index (Phi) is 3.21. The second kappa shape index (κ2) is 4.92. The van der Waals surface area contributed by atoms with E-state index in [1.54, 1.807) is 12.3 Å². The van der Waals surface area contributed by atoms with E-state index in [0.717, 1.165) is 12.5 Å². The fourth-order valence-corrected chi connectivity index (χ4v) is 2.74. The van der Waals surface area contributed by atoms with Gasteiger partial charge in [-0.2, -0.15) is 4.39 Å². The Morgan fingerprint density at radius 2 is 2.10 bits per heavy atom. The molecule has 0 saturated carbocycles. The first kappa shape index (κ1) is 13.7.